The number of carbonyl (C=O) groups excluding carboxylic acids is 3. The summed E-state index contributed by atoms with van der Waals surface area (Å²) in [6.45, 7) is 6.77. The van der Waals surface area contributed by atoms with Crippen molar-refractivity contribution in [1.82, 2.24) is 16.0 Å². The summed E-state index contributed by atoms with van der Waals surface area (Å²) >= 11 is 1.49. The van der Waals surface area contributed by atoms with Gasteiger partial charge in [0, 0.05) is 0 Å². The number of hydrogen-bond acceptors (Lipinski definition) is 7. The van der Waals surface area contributed by atoms with Crippen LogP contribution >= 0.6 is 11.8 Å². The maximum Gasteiger partial charge on any atom is 0.326 e. The van der Waals surface area contributed by atoms with E-state index in [1.54, 1.807) is 6.92 Å². The summed E-state index contributed by atoms with van der Waals surface area (Å²) in [6.07, 6.45) is 2.98. The Hall–Kier alpha value is -1.85. The number of hydrogen-bond donors (Lipinski definition) is 6. The number of carboxylic acid groups (broad SMARTS) is 1. The van der Waals surface area contributed by atoms with E-state index >= 15 is 0 Å². The number of carboxylic acids is 1. The van der Waals surface area contributed by atoms with E-state index in [0.717, 1.165) is 0 Å². The van der Waals surface area contributed by atoms with Crippen molar-refractivity contribution >= 4 is 35.5 Å². The van der Waals surface area contributed by atoms with Gasteiger partial charge in [-0.05, 0) is 36.7 Å². The van der Waals surface area contributed by atoms with Gasteiger partial charge in [0.25, 0.3) is 0 Å². The van der Waals surface area contributed by atoms with Crippen LogP contribution in [0.2, 0.25) is 0 Å². The molecule has 0 bridgehead atoms. The third-order valence-electron chi connectivity index (χ3n) is 4.89. The van der Waals surface area contributed by atoms with Crippen LogP contribution in [0.15, 0.2) is 0 Å². The van der Waals surface area contributed by atoms with Gasteiger partial charge in [0.2, 0.25) is 17.7 Å². The molecule has 0 aliphatic rings. The number of aliphatic hydroxyl groups is 1. The molecule has 5 atom stereocenters. The van der Waals surface area contributed by atoms with Gasteiger partial charge in [-0.2, -0.15) is 11.8 Å². The summed E-state index contributed by atoms with van der Waals surface area (Å²) in [6, 6.07) is -4.13. The molecular formula is C20H38N4O6S. The standard InChI is InChI=1S/C20H38N4O6S/c1-6-12(4)16(24-17(26)13(21)10-25)19(28)22-14(7-8-31-5)18(27)23-15(20(29)30)9-11(2)3/h11-16,25H,6-10,21H2,1-5H3,(H,22,28)(H,23,27)(H,24,26)(H,29,30). The van der Waals surface area contributed by atoms with Crippen LogP contribution in [0.3, 0.4) is 0 Å². The van der Waals surface area contributed by atoms with Crippen LogP contribution in [-0.4, -0.2) is 76.7 Å². The first-order chi connectivity index (χ1) is 14.5. The quantitative estimate of drug-likeness (QED) is 0.192. The number of nitrogens with one attached hydrogen (secondary N) is 3. The molecule has 0 radical (unpaired) electrons. The van der Waals surface area contributed by atoms with E-state index in [0.29, 0.717) is 18.6 Å². The van der Waals surface area contributed by atoms with Gasteiger partial charge in [0.15, 0.2) is 0 Å². The van der Waals surface area contributed by atoms with Crippen LogP contribution in [0, 0.1) is 11.8 Å². The van der Waals surface area contributed by atoms with Crippen molar-refractivity contribution in [1.29, 1.82) is 0 Å². The van der Waals surface area contributed by atoms with Gasteiger partial charge in [-0.25, -0.2) is 4.79 Å². The Balaban J connectivity index is 5.46. The van der Waals surface area contributed by atoms with Crippen molar-refractivity contribution in [3.05, 3.63) is 0 Å². The monoisotopic (exact) mass is 462 g/mol. The summed E-state index contributed by atoms with van der Waals surface area (Å²) in [5, 5.41) is 26.2. The largest absolute Gasteiger partial charge is 0.480 e. The highest BCUT2D eigenvalue weighted by Gasteiger charge is 2.32. The summed E-state index contributed by atoms with van der Waals surface area (Å²) in [5.74, 6) is -2.60. The first-order valence-electron chi connectivity index (χ1n) is 10.5. The molecule has 0 fully saturated rings. The zero-order valence-corrected chi connectivity index (χ0v) is 19.8. The fourth-order valence-corrected chi connectivity index (χ4v) is 3.25. The van der Waals surface area contributed by atoms with Crippen LogP contribution in [0.1, 0.15) is 47.0 Å². The molecular weight excluding hydrogens is 424 g/mol. The molecule has 180 valence electrons. The highest BCUT2D eigenvalue weighted by Crippen LogP contribution is 2.11. The van der Waals surface area contributed by atoms with Crippen molar-refractivity contribution in [3.63, 3.8) is 0 Å². The maximum absolute atomic E-state index is 12.9. The van der Waals surface area contributed by atoms with Crippen LogP contribution in [0.4, 0.5) is 0 Å². The van der Waals surface area contributed by atoms with Gasteiger partial charge < -0.3 is 31.9 Å². The zero-order chi connectivity index (χ0) is 24.1. The molecule has 0 aliphatic carbocycles. The smallest absolute Gasteiger partial charge is 0.326 e. The van der Waals surface area contributed by atoms with Crippen molar-refractivity contribution in [3.8, 4) is 0 Å². The Labute approximate surface area is 188 Å². The molecule has 0 aromatic heterocycles. The molecule has 0 saturated carbocycles. The molecule has 0 rings (SSSR count). The van der Waals surface area contributed by atoms with Crippen molar-refractivity contribution < 1.29 is 29.4 Å². The lowest BCUT2D eigenvalue weighted by molar-refractivity contribution is -0.142. The van der Waals surface area contributed by atoms with Crippen LogP contribution in [0.25, 0.3) is 0 Å². The number of carbonyl (C=O) groups is 4. The minimum atomic E-state index is -1.16. The Morgan fingerprint density at radius 3 is 2.00 bits per heavy atom. The second-order valence-corrected chi connectivity index (χ2v) is 9.02. The Bertz CT molecular complexity index is 604. The van der Waals surface area contributed by atoms with Gasteiger partial charge in [0.1, 0.15) is 24.2 Å². The lowest BCUT2D eigenvalue weighted by atomic mass is 9.97. The molecule has 0 aliphatic heterocycles. The molecule has 0 aromatic carbocycles. The number of aliphatic carboxylic acids is 1. The SMILES string of the molecule is CCC(C)C(NC(=O)C(N)CO)C(=O)NC(CCSC)C(=O)NC(CC(C)C)C(=O)O. The summed E-state index contributed by atoms with van der Waals surface area (Å²) < 4.78 is 0. The third kappa shape index (κ3) is 10.8. The lowest BCUT2D eigenvalue weighted by Crippen LogP contribution is -2.59. The van der Waals surface area contributed by atoms with Crippen molar-refractivity contribution in [2.45, 2.75) is 71.1 Å². The second kappa shape index (κ2) is 15.0. The van der Waals surface area contributed by atoms with E-state index in [1.165, 1.54) is 11.8 Å². The minimum absolute atomic E-state index is 0.0568. The van der Waals surface area contributed by atoms with Crippen molar-refractivity contribution in [2.75, 3.05) is 18.6 Å². The third-order valence-corrected chi connectivity index (χ3v) is 5.54. The van der Waals surface area contributed by atoms with Gasteiger partial charge in [0.05, 0.1) is 6.61 Å². The highest BCUT2D eigenvalue weighted by molar-refractivity contribution is 7.98. The molecule has 0 spiro atoms. The van der Waals surface area contributed by atoms with Gasteiger partial charge in [-0.1, -0.05) is 34.1 Å². The van der Waals surface area contributed by atoms with E-state index in [9.17, 15) is 24.3 Å². The fourth-order valence-electron chi connectivity index (χ4n) is 2.78. The zero-order valence-electron chi connectivity index (χ0n) is 19.0. The molecule has 31 heavy (non-hydrogen) atoms. The Morgan fingerprint density at radius 2 is 1.55 bits per heavy atom. The molecule has 0 heterocycles. The fraction of sp³-hybridized carbons (Fsp3) is 0.800. The normalized spacial score (nSPS) is 16.0. The van der Waals surface area contributed by atoms with Crippen LogP contribution in [-0.2, 0) is 19.2 Å². The van der Waals surface area contributed by atoms with E-state index < -0.39 is 54.5 Å². The predicted molar refractivity (Wildman–Crippen MR) is 120 cm³/mol. The average molecular weight is 463 g/mol. The highest BCUT2D eigenvalue weighted by atomic mass is 32.2. The van der Waals surface area contributed by atoms with E-state index in [1.807, 2.05) is 27.0 Å². The molecule has 5 unspecified atom stereocenters. The summed E-state index contributed by atoms with van der Waals surface area (Å²) in [4.78, 5) is 49.3. The Kier molecular flexibility index (Phi) is 14.1. The summed E-state index contributed by atoms with van der Waals surface area (Å²) in [5.41, 5.74) is 5.53. The van der Waals surface area contributed by atoms with E-state index in [4.69, 9.17) is 10.8 Å². The number of nitrogens with two attached hydrogens (primary N) is 1. The van der Waals surface area contributed by atoms with Crippen molar-refractivity contribution in [2.24, 2.45) is 17.6 Å². The molecule has 3 amide bonds. The minimum Gasteiger partial charge on any atom is -0.480 e. The topological polar surface area (TPSA) is 171 Å². The average Bonchev–Trinajstić information content (AvgIpc) is 2.72. The Morgan fingerprint density at radius 1 is 0.968 bits per heavy atom. The molecule has 11 heteroatoms. The van der Waals surface area contributed by atoms with Gasteiger partial charge in [-0.3, -0.25) is 14.4 Å². The number of amides is 3. The number of thioether (sulfide) groups is 1. The van der Waals surface area contributed by atoms with E-state index in [2.05, 4.69) is 16.0 Å². The lowest BCUT2D eigenvalue weighted by Gasteiger charge is -2.28. The number of aliphatic hydroxyl groups excluding tert-OH is 1. The predicted octanol–water partition coefficient (Wildman–Crippen LogP) is -0.310. The molecule has 0 saturated heterocycles. The first kappa shape index (κ1) is 29.1. The molecule has 10 nitrogen and oxygen atoms in total. The maximum atomic E-state index is 12.9. The second-order valence-electron chi connectivity index (χ2n) is 8.03. The number of rotatable bonds is 15. The van der Waals surface area contributed by atoms with Gasteiger partial charge >= 0.3 is 5.97 Å². The first-order valence-corrected chi connectivity index (χ1v) is 11.9. The molecule has 7 N–H and O–H groups in total. The molecule has 0 aromatic rings. The van der Waals surface area contributed by atoms with Crippen LogP contribution < -0.4 is 21.7 Å². The summed E-state index contributed by atoms with van der Waals surface area (Å²) in [7, 11) is 0. The van der Waals surface area contributed by atoms with Gasteiger partial charge in [-0.15, -0.1) is 0 Å². The van der Waals surface area contributed by atoms with E-state index in [-0.39, 0.29) is 18.3 Å². The van der Waals surface area contributed by atoms with Crippen LogP contribution in [0.5, 0.6) is 0 Å².